The monoisotopic (exact) mass is 437 g/mol. The molecule has 0 aliphatic heterocycles. The number of hydrogen-bond donors (Lipinski definition) is 0. The molecule has 0 bridgehead atoms. The Bertz CT molecular complexity index is 1150. The van der Waals surface area contributed by atoms with Crippen LogP contribution in [0.4, 0.5) is 17.6 Å². The zero-order chi connectivity index (χ0) is 19.8. The zero-order valence-corrected chi connectivity index (χ0v) is 15.4. The number of halogens is 5. The zero-order valence-electron chi connectivity index (χ0n) is 13.0. The number of nitrogens with zero attached hydrogens (tertiary/aromatic N) is 3. The van der Waals surface area contributed by atoms with Crippen molar-refractivity contribution in [1.29, 1.82) is 0 Å². The average Bonchev–Trinajstić information content (AvgIpc) is 2.99. The van der Waals surface area contributed by atoms with E-state index in [1.807, 2.05) is 0 Å². The normalized spacial score (nSPS) is 13.1. The first-order valence-electron chi connectivity index (χ1n) is 7.07. The smallest absolute Gasteiger partial charge is 0.207 e. The minimum atomic E-state index is -4.80. The molecule has 0 saturated heterocycles. The molecule has 0 radical (unpaired) electrons. The van der Waals surface area contributed by atoms with Gasteiger partial charge >= 0.3 is 6.18 Å². The summed E-state index contributed by atoms with van der Waals surface area (Å²) >= 11 is 6.03. The second-order valence-corrected chi connectivity index (χ2v) is 8.04. The van der Waals surface area contributed by atoms with Gasteiger partial charge < -0.3 is 0 Å². The third kappa shape index (κ3) is 4.20. The van der Waals surface area contributed by atoms with E-state index in [0.29, 0.717) is 4.68 Å². The fraction of sp³-hybridized carbons (Fsp3) is 0.0667. The molecule has 0 fully saturated rings. The molecule has 5 nitrogen and oxygen atoms in total. The van der Waals surface area contributed by atoms with Gasteiger partial charge in [-0.15, -0.1) is 9.50 Å². The van der Waals surface area contributed by atoms with Gasteiger partial charge in [0, 0.05) is 0 Å². The maximum absolute atomic E-state index is 13.1. The van der Waals surface area contributed by atoms with Crippen molar-refractivity contribution in [3.8, 4) is 5.69 Å². The van der Waals surface area contributed by atoms with Gasteiger partial charge in [0.15, 0.2) is 0 Å². The molecular formula is C15H8ClF4N3O2S2. The van der Waals surface area contributed by atoms with Gasteiger partial charge in [0.05, 0.1) is 15.6 Å². The van der Waals surface area contributed by atoms with Crippen molar-refractivity contribution in [2.24, 2.45) is 4.40 Å². The predicted molar refractivity (Wildman–Crippen MR) is 90.6 cm³/mol. The first-order chi connectivity index (χ1) is 12.6. The molecule has 0 spiro atoms. The standard InChI is InChI=1S/C15H8ClF4N3O2S2/c16-11-3-1-2-4-12(11)23-14(26-13(21-23)15(18,19)20)22-27(24,25)10-7-5-9(17)6-8-10/h1-8H/b22-14-. The van der Waals surface area contributed by atoms with Crippen LogP contribution >= 0.6 is 22.9 Å². The molecular weight excluding hydrogens is 430 g/mol. The van der Waals surface area contributed by atoms with Crippen molar-refractivity contribution in [2.75, 3.05) is 0 Å². The predicted octanol–water partition coefficient (Wildman–Crippen LogP) is 4.03. The summed E-state index contributed by atoms with van der Waals surface area (Å²) in [5.74, 6) is -0.669. The molecule has 142 valence electrons. The summed E-state index contributed by atoms with van der Waals surface area (Å²) in [6.45, 7) is 0. The van der Waals surface area contributed by atoms with Gasteiger partial charge in [0.1, 0.15) is 5.82 Å². The van der Waals surface area contributed by atoms with Crippen molar-refractivity contribution in [2.45, 2.75) is 11.1 Å². The maximum Gasteiger partial charge on any atom is 0.445 e. The Morgan fingerprint density at radius 2 is 1.70 bits per heavy atom. The number of sulfonamides is 1. The van der Waals surface area contributed by atoms with Gasteiger partial charge in [-0.25, -0.2) is 9.07 Å². The minimum absolute atomic E-state index is 0.0268. The minimum Gasteiger partial charge on any atom is -0.207 e. The highest BCUT2D eigenvalue weighted by molar-refractivity contribution is 7.90. The average molecular weight is 438 g/mol. The lowest BCUT2D eigenvalue weighted by atomic mass is 10.3. The molecule has 27 heavy (non-hydrogen) atoms. The summed E-state index contributed by atoms with van der Waals surface area (Å²) < 4.78 is 81.2. The second-order valence-electron chi connectivity index (χ2n) is 5.07. The highest BCUT2D eigenvalue weighted by atomic mass is 35.5. The summed E-state index contributed by atoms with van der Waals surface area (Å²) in [6.07, 6.45) is -4.80. The van der Waals surface area contributed by atoms with E-state index in [0.717, 1.165) is 24.3 Å². The molecule has 0 N–H and O–H groups in total. The Kier molecular flexibility index (Phi) is 5.10. The number of aromatic nitrogens is 2. The Morgan fingerprint density at radius 3 is 2.30 bits per heavy atom. The largest absolute Gasteiger partial charge is 0.445 e. The van der Waals surface area contributed by atoms with Crippen molar-refractivity contribution in [3.05, 3.63) is 69.2 Å². The number of hydrogen-bond acceptors (Lipinski definition) is 4. The maximum atomic E-state index is 13.1. The van der Waals surface area contributed by atoms with Crippen LogP contribution in [0.25, 0.3) is 5.69 Å². The molecule has 0 saturated carbocycles. The van der Waals surface area contributed by atoms with Crippen molar-refractivity contribution >= 4 is 33.0 Å². The fourth-order valence-electron chi connectivity index (χ4n) is 2.00. The summed E-state index contributed by atoms with van der Waals surface area (Å²) in [7, 11) is -4.41. The first-order valence-corrected chi connectivity index (χ1v) is 9.70. The van der Waals surface area contributed by atoms with Crippen molar-refractivity contribution < 1.29 is 26.0 Å². The topological polar surface area (TPSA) is 64.3 Å². The van der Waals surface area contributed by atoms with Gasteiger partial charge in [-0.05, 0) is 36.4 Å². The Hall–Kier alpha value is -2.24. The lowest BCUT2D eigenvalue weighted by Gasteiger charge is -2.04. The summed E-state index contributed by atoms with van der Waals surface area (Å²) in [6, 6.07) is 9.55. The van der Waals surface area contributed by atoms with Crippen LogP contribution in [-0.2, 0) is 16.2 Å². The third-order valence-electron chi connectivity index (χ3n) is 3.19. The van der Waals surface area contributed by atoms with E-state index >= 15 is 0 Å². The number of alkyl halides is 3. The highest BCUT2D eigenvalue weighted by Gasteiger charge is 2.36. The number of rotatable bonds is 3. The summed E-state index contributed by atoms with van der Waals surface area (Å²) in [4.78, 5) is -0.934. The second kappa shape index (κ2) is 7.06. The molecule has 3 aromatic rings. The van der Waals surface area contributed by atoms with E-state index in [-0.39, 0.29) is 26.9 Å². The SMILES string of the molecule is O=S(=O)(/N=c1\sc(C(F)(F)F)nn1-c1ccccc1Cl)c1ccc(F)cc1. The Labute approximate surface area is 159 Å². The Balaban J connectivity index is 2.25. The molecule has 1 heterocycles. The highest BCUT2D eigenvalue weighted by Crippen LogP contribution is 2.30. The van der Waals surface area contributed by atoms with Crippen LogP contribution in [0.5, 0.6) is 0 Å². The lowest BCUT2D eigenvalue weighted by molar-refractivity contribution is -0.138. The van der Waals surface area contributed by atoms with Crippen LogP contribution in [0.15, 0.2) is 57.8 Å². The van der Waals surface area contributed by atoms with Gasteiger partial charge in [0.25, 0.3) is 10.0 Å². The van der Waals surface area contributed by atoms with Crippen LogP contribution < -0.4 is 4.80 Å². The molecule has 3 rings (SSSR count). The number of benzene rings is 2. The van der Waals surface area contributed by atoms with E-state index < -0.39 is 31.8 Å². The van der Waals surface area contributed by atoms with Crippen LogP contribution in [0, 0.1) is 5.82 Å². The van der Waals surface area contributed by atoms with Gasteiger partial charge in [-0.2, -0.15) is 21.6 Å². The molecule has 0 aliphatic rings. The Morgan fingerprint density at radius 1 is 1.07 bits per heavy atom. The summed E-state index contributed by atoms with van der Waals surface area (Å²) in [5.41, 5.74) is 0.0268. The molecule has 0 atom stereocenters. The third-order valence-corrected chi connectivity index (χ3v) is 5.86. The van der Waals surface area contributed by atoms with Crippen LogP contribution in [0.1, 0.15) is 5.01 Å². The van der Waals surface area contributed by atoms with Crippen molar-refractivity contribution in [3.63, 3.8) is 0 Å². The lowest BCUT2D eigenvalue weighted by Crippen LogP contribution is -2.17. The van der Waals surface area contributed by atoms with E-state index in [2.05, 4.69) is 9.50 Å². The molecule has 12 heteroatoms. The van der Waals surface area contributed by atoms with Gasteiger partial charge in [0.2, 0.25) is 9.81 Å². The fourth-order valence-corrected chi connectivity index (χ4v) is 4.16. The van der Waals surface area contributed by atoms with Crippen LogP contribution in [0.2, 0.25) is 5.02 Å². The summed E-state index contributed by atoms with van der Waals surface area (Å²) in [5, 5.41) is 2.17. The van der Waals surface area contributed by atoms with Crippen molar-refractivity contribution in [1.82, 2.24) is 9.78 Å². The van der Waals surface area contributed by atoms with Gasteiger partial charge in [-0.1, -0.05) is 35.1 Å². The van der Waals surface area contributed by atoms with E-state index in [1.165, 1.54) is 18.2 Å². The number of para-hydroxylation sites is 1. The van der Waals surface area contributed by atoms with Crippen LogP contribution in [0.3, 0.4) is 0 Å². The van der Waals surface area contributed by atoms with Gasteiger partial charge in [-0.3, -0.25) is 0 Å². The quantitative estimate of drug-likeness (QED) is 0.581. The van der Waals surface area contributed by atoms with Crippen LogP contribution in [-0.4, -0.2) is 18.2 Å². The van der Waals surface area contributed by atoms with E-state index in [9.17, 15) is 26.0 Å². The van der Waals surface area contributed by atoms with E-state index in [1.54, 1.807) is 6.07 Å². The molecule has 0 unspecified atom stereocenters. The molecule has 0 aliphatic carbocycles. The molecule has 2 aromatic carbocycles. The molecule has 1 aromatic heterocycles. The molecule has 0 amide bonds. The first kappa shape index (κ1) is 19.5. The van der Waals surface area contributed by atoms with E-state index in [4.69, 9.17) is 11.6 Å².